The van der Waals surface area contributed by atoms with Gasteiger partial charge in [-0.15, -0.1) is 0 Å². The van der Waals surface area contributed by atoms with Gasteiger partial charge in [0.15, 0.2) is 5.06 Å². The van der Waals surface area contributed by atoms with Gasteiger partial charge in [-0.3, -0.25) is 9.69 Å². The highest BCUT2D eigenvalue weighted by atomic mass is 32.1. The van der Waals surface area contributed by atoms with Crippen molar-refractivity contribution >= 4 is 28.6 Å². The number of ether oxygens (including phenoxy) is 1. The number of nitrogens with one attached hydrogen (secondary N) is 1. The lowest BCUT2D eigenvalue weighted by Crippen LogP contribution is -2.62. The van der Waals surface area contributed by atoms with Crippen LogP contribution in [0.3, 0.4) is 0 Å². The SMILES string of the molecule is Cc1cnc(Oc2ccc(C(=O)NC3C4CCN(CC4)C3C)s2)s1. The zero-order chi connectivity index (χ0) is 16.7. The van der Waals surface area contributed by atoms with Crippen molar-refractivity contribution in [2.24, 2.45) is 5.92 Å². The van der Waals surface area contributed by atoms with Crippen LogP contribution in [-0.2, 0) is 0 Å². The lowest BCUT2D eigenvalue weighted by atomic mass is 9.79. The third kappa shape index (κ3) is 3.08. The van der Waals surface area contributed by atoms with Crippen LogP contribution in [0.2, 0.25) is 0 Å². The highest BCUT2D eigenvalue weighted by Crippen LogP contribution is 2.34. The molecule has 1 N–H and O–H groups in total. The summed E-state index contributed by atoms with van der Waals surface area (Å²) in [6, 6.07) is 4.36. The van der Waals surface area contributed by atoms with Crippen LogP contribution in [0.15, 0.2) is 18.3 Å². The molecule has 0 radical (unpaired) electrons. The lowest BCUT2D eigenvalue weighted by Gasteiger charge is -2.49. The van der Waals surface area contributed by atoms with E-state index in [2.05, 4.69) is 22.1 Å². The minimum absolute atomic E-state index is 0.00997. The second-order valence-corrected chi connectivity index (χ2v) is 8.81. The van der Waals surface area contributed by atoms with Gasteiger partial charge in [-0.05, 0) is 57.8 Å². The Balaban J connectivity index is 1.41. The van der Waals surface area contributed by atoms with Gasteiger partial charge in [-0.2, -0.15) is 0 Å². The summed E-state index contributed by atoms with van der Waals surface area (Å²) >= 11 is 2.88. The number of hydrogen-bond acceptors (Lipinski definition) is 6. The number of rotatable bonds is 4. The predicted octanol–water partition coefficient (Wildman–Crippen LogP) is 3.52. The van der Waals surface area contributed by atoms with E-state index in [1.54, 1.807) is 6.20 Å². The van der Waals surface area contributed by atoms with Crippen molar-refractivity contribution in [2.75, 3.05) is 13.1 Å². The van der Waals surface area contributed by atoms with Crippen LogP contribution in [-0.4, -0.2) is 41.0 Å². The molecular formula is C17H21N3O2S2. The van der Waals surface area contributed by atoms with Gasteiger partial charge in [0, 0.05) is 23.2 Å². The fourth-order valence-corrected chi connectivity index (χ4v) is 5.16. The molecule has 3 aliphatic rings. The number of carbonyl (C=O) groups is 1. The van der Waals surface area contributed by atoms with Gasteiger partial charge >= 0.3 is 0 Å². The molecule has 24 heavy (non-hydrogen) atoms. The van der Waals surface area contributed by atoms with Crippen molar-refractivity contribution in [3.8, 4) is 10.3 Å². The van der Waals surface area contributed by atoms with E-state index in [0.717, 1.165) is 4.88 Å². The second-order valence-electron chi connectivity index (χ2n) is 6.57. The van der Waals surface area contributed by atoms with Crippen LogP contribution < -0.4 is 10.1 Å². The van der Waals surface area contributed by atoms with Gasteiger partial charge in [-0.25, -0.2) is 4.98 Å². The summed E-state index contributed by atoms with van der Waals surface area (Å²) in [5, 5.41) is 4.58. The summed E-state index contributed by atoms with van der Waals surface area (Å²) in [5.41, 5.74) is 0. The molecule has 2 atom stereocenters. The molecule has 128 valence electrons. The summed E-state index contributed by atoms with van der Waals surface area (Å²) in [5.74, 6) is 0.624. The molecule has 5 heterocycles. The number of carbonyl (C=O) groups excluding carboxylic acids is 1. The van der Waals surface area contributed by atoms with Crippen LogP contribution in [0.25, 0.3) is 0 Å². The molecule has 0 saturated carbocycles. The van der Waals surface area contributed by atoms with Crippen molar-refractivity contribution in [3.63, 3.8) is 0 Å². The van der Waals surface area contributed by atoms with Crippen LogP contribution >= 0.6 is 22.7 Å². The van der Waals surface area contributed by atoms with E-state index >= 15 is 0 Å². The number of hydrogen-bond donors (Lipinski definition) is 1. The van der Waals surface area contributed by atoms with Gasteiger partial charge in [-0.1, -0.05) is 22.7 Å². The Morgan fingerprint density at radius 1 is 1.33 bits per heavy atom. The molecule has 7 heteroatoms. The topological polar surface area (TPSA) is 54.5 Å². The Morgan fingerprint density at radius 2 is 2.12 bits per heavy atom. The Kier molecular flexibility index (Phi) is 4.32. The summed E-state index contributed by atoms with van der Waals surface area (Å²) in [6.07, 6.45) is 4.17. The summed E-state index contributed by atoms with van der Waals surface area (Å²) in [4.78, 5) is 21.1. The molecule has 1 amide bonds. The third-order valence-electron chi connectivity index (χ3n) is 5.07. The van der Waals surface area contributed by atoms with E-state index in [1.807, 2.05) is 19.1 Å². The molecule has 2 bridgehead atoms. The molecule has 5 rings (SSSR count). The average Bonchev–Trinajstić information content (AvgIpc) is 3.21. The normalized spacial score (nSPS) is 28.8. The lowest BCUT2D eigenvalue weighted by molar-refractivity contribution is 0.0218. The summed E-state index contributed by atoms with van der Waals surface area (Å²) in [7, 11) is 0. The number of nitrogens with zero attached hydrogens (tertiary/aromatic N) is 2. The van der Waals surface area contributed by atoms with E-state index < -0.39 is 0 Å². The number of amides is 1. The molecule has 2 aromatic rings. The summed E-state index contributed by atoms with van der Waals surface area (Å²) < 4.78 is 5.73. The molecule has 2 aromatic heterocycles. The standard InChI is InChI=1S/C17H21N3O2S2/c1-10-9-18-17(23-10)22-14-4-3-13(24-14)16(21)19-15-11(2)20-7-5-12(15)6-8-20/h3-4,9,11-12,15H,5-8H2,1-2H3,(H,19,21). The van der Waals surface area contributed by atoms with Gasteiger partial charge in [0.1, 0.15) is 0 Å². The van der Waals surface area contributed by atoms with Gasteiger partial charge in [0.25, 0.3) is 11.1 Å². The fraction of sp³-hybridized carbons (Fsp3) is 0.529. The van der Waals surface area contributed by atoms with E-state index in [4.69, 9.17) is 4.74 Å². The van der Waals surface area contributed by atoms with Crippen molar-refractivity contribution in [1.82, 2.24) is 15.2 Å². The quantitative estimate of drug-likeness (QED) is 0.903. The number of fused-ring (bicyclic) bond motifs is 3. The number of piperidine rings is 3. The maximum Gasteiger partial charge on any atom is 0.279 e. The Morgan fingerprint density at radius 3 is 2.79 bits per heavy atom. The Hall–Kier alpha value is -1.44. The monoisotopic (exact) mass is 363 g/mol. The van der Waals surface area contributed by atoms with E-state index in [9.17, 15) is 4.79 Å². The minimum atomic E-state index is 0.00997. The molecule has 5 nitrogen and oxygen atoms in total. The van der Waals surface area contributed by atoms with E-state index in [0.29, 0.717) is 27.1 Å². The van der Waals surface area contributed by atoms with E-state index in [-0.39, 0.29) is 11.9 Å². The van der Waals surface area contributed by atoms with Crippen molar-refractivity contribution in [3.05, 3.63) is 28.1 Å². The van der Waals surface area contributed by atoms with Gasteiger partial charge in [0.2, 0.25) is 0 Å². The Bertz CT molecular complexity index is 732. The van der Waals surface area contributed by atoms with Crippen LogP contribution in [0, 0.1) is 12.8 Å². The maximum absolute atomic E-state index is 12.6. The first kappa shape index (κ1) is 16.1. The average molecular weight is 364 g/mol. The number of aryl methyl sites for hydroxylation is 1. The second kappa shape index (κ2) is 6.46. The molecule has 2 unspecified atom stereocenters. The van der Waals surface area contributed by atoms with E-state index in [1.165, 1.54) is 48.6 Å². The zero-order valence-corrected chi connectivity index (χ0v) is 15.5. The molecule has 0 aromatic carbocycles. The predicted molar refractivity (Wildman–Crippen MR) is 96.3 cm³/mol. The molecule has 3 aliphatic heterocycles. The summed E-state index contributed by atoms with van der Waals surface area (Å²) in [6.45, 7) is 6.56. The molecule has 0 aliphatic carbocycles. The number of thiophene rings is 1. The third-order valence-corrected chi connectivity index (χ3v) is 6.82. The molecule has 3 fully saturated rings. The van der Waals surface area contributed by atoms with Gasteiger partial charge < -0.3 is 10.1 Å². The first-order chi connectivity index (χ1) is 11.6. The number of thiazole rings is 1. The highest BCUT2D eigenvalue weighted by molar-refractivity contribution is 7.16. The van der Waals surface area contributed by atoms with Crippen molar-refractivity contribution in [1.29, 1.82) is 0 Å². The smallest absolute Gasteiger partial charge is 0.279 e. The maximum atomic E-state index is 12.6. The fourth-order valence-electron chi connectivity index (χ4n) is 3.73. The zero-order valence-electron chi connectivity index (χ0n) is 13.8. The van der Waals surface area contributed by atoms with Crippen molar-refractivity contribution in [2.45, 2.75) is 38.8 Å². The van der Waals surface area contributed by atoms with Crippen molar-refractivity contribution < 1.29 is 9.53 Å². The Labute approximate surface area is 149 Å². The minimum Gasteiger partial charge on any atom is -0.420 e. The largest absolute Gasteiger partial charge is 0.420 e. The van der Waals surface area contributed by atoms with Crippen LogP contribution in [0.1, 0.15) is 34.3 Å². The molecule has 0 spiro atoms. The first-order valence-electron chi connectivity index (χ1n) is 8.35. The molecular weight excluding hydrogens is 342 g/mol. The first-order valence-corrected chi connectivity index (χ1v) is 9.98. The van der Waals surface area contributed by atoms with Gasteiger partial charge in [0.05, 0.1) is 4.88 Å². The highest BCUT2D eigenvalue weighted by Gasteiger charge is 2.40. The number of aromatic nitrogens is 1. The molecule has 3 saturated heterocycles. The van der Waals surface area contributed by atoms with Crippen LogP contribution in [0.4, 0.5) is 0 Å². The van der Waals surface area contributed by atoms with Crippen LogP contribution in [0.5, 0.6) is 10.3 Å².